The summed E-state index contributed by atoms with van der Waals surface area (Å²) in [6.45, 7) is 26.9. The van der Waals surface area contributed by atoms with Crippen molar-refractivity contribution in [1.82, 2.24) is 0 Å². The molecule has 0 aromatic heterocycles. The molecule has 0 heterocycles. The second kappa shape index (κ2) is 10.2. The van der Waals surface area contributed by atoms with E-state index in [1.54, 1.807) is 16.7 Å². The van der Waals surface area contributed by atoms with Crippen LogP contribution in [0, 0.1) is 23.7 Å². The van der Waals surface area contributed by atoms with Crippen LogP contribution >= 0.6 is 0 Å². The summed E-state index contributed by atoms with van der Waals surface area (Å²) in [7, 11) is 0. The smallest absolute Gasteiger partial charge is 0.0209 e. The lowest BCUT2D eigenvalue weighted by Crippen LogP contribution is -2.05. The van der Waals surface area contributed by atoms with E-state index in [2.05, 4.69) is 83.1 Å². The molecule has 0 nitrogen and oxygen atoms in total. The zero-order valence-corrected chi connectivity index (χ0v) is 16.3. The zero-order chi connectivity index (χ0) is 16.6. The monoisotopic (exact) mass is 280 g/mol. The highest BCUT2D eigenvalue weighted by atomic mass is 14.1. The Morgan fingerprint density at radius 1 is 0.500 bits per heavy atom. The van der Waals surface area contributed by atoms with Crippen LogP contribution in [0.25, 0.3) is 0 Å². The summed E-state index contributed by atoms with van der Waals surface area (Å²) in [6.07, 6.45) is 0. The topological polar surface area (TPSA) is 0 Å². The molecule has 0 aromatic rings. The van der Waals surface area contributed by atoms with Crippen molar-refractivity contribution >= 4 is 0 Å². The van der Waals surface area contributed by atoms with Crippen molar-refractivity contribution in [2.75, 3.05) is 0 Å². The number of rotatable bonds is 4. The molecule has 0 saturated carbocycles. The summed E-state index contributed by atoms with van der Waals surface area (Å²) >= 11 is 0. The van der Waals surface area contributed by atoms with Crippen molar-refractivity contribution in [3.63, 3.8) is 0 Å². The Labute approximate surface area is 129 Å². The van der Waals surface area contributed by atoms with Gasteiger partial charge in [0.15, 0.2) is 0 Å². The summed E-state index contributed by atoms with van der Waals surface area (Å²) in [6, 6.07) is 0. The first-order chi connectivity index (χ1) is 8.93. The highest BCUT2D eigenvalue weighted by Gasteiger charge is 2.09. The minimum atomic E-state index is 0.711. The summed E-state index contributed by atoms with van der Waals surface area (Å²) in [5.41, 5.74) is 6.13. The number of allylic oxidation sites excluding steroid dienone is 4. The Morgan fingerprint density at radius 2 is 0.800 bits per heavy atom. The van der Waals surface area contributed by atoms with Crippen molar-refractivity contribution in [2.24, 2.45) is 23.7 Å². The molecule has 1 unspecified atom stereocenters. The maximum Gasteiger partial charge on any atom is -0.0209 e. The van der Waals surface area contributed by atoms with Gasteiger partial charge in [-0.1, -0.05) is 70.8 Å². The fourth-order valence-corrected chi connectivity index (χ4v) is 1.87. The van der Waals surface area contributed by atoms with E-state index < -0.39 is 0 Å². The standard InChI is InChI=1S/2C10H20/c2*1-7(2)9(5)10(6)8(3)4/h7,9H,1-6H3;7-8H,1-6H3/b;10-9+. The molecule has 0 aliphatic carbocycles. The third kappa shape index (κ3) is 8.61. The normalized spacial score (nSPS) is 13.9. The molecule has 0 amide bonds. The fraction of sp³-hybridized carbons (Fsp3) is 0.800. The fourth-order valence-electron chi connectivity index (χ4n) is 1.87. The van der Waals surface area contributed by atoms with Gasteiger partial charge in [0.2, 0.25) is 0 Å². The summed E-state index contributed by atoms with van der Waals surface area (Å²) in [5.74, 6) is 2.93. The molecule has 20 heavy (non-hydrogen) atoms. The summed E-state index contributed by atoms with van der Waals surface area (Å²) < 4.78 is 0. The molecule has 1 atom stereocenters. The van der Waals surface area contributed by atoms with Crippen LogP contribution in [0.5, 0.6) is 0 Å². The molecule has 0 saturated heterocycles. The van der Waals surface area contributed by atoms with Gasteiger partial charge in [-0.2, -0.15) is 0 Å². The van der Waals surface area contributed by atoms with Crippen molar-refractivity contribution in [1.29, 1.82) is 0 Å². The van der Waals surface area contributed by atoms with Crippen molar-refractivity contribution < 1.29 is 0 Å². The van der Waals surface area contributed by atoms with E-state index in [4.69, 9.17) is 0 Å². The number of hydrogen-bond acceptors (Lipinski definition) is 0. The molecule has 0 bridgehead atoms. The molecule has 0 aromatic carbocycles. The molecule has 0 radical (unpaired) electrons. The molecular weight excluding hydrogens is 240 g/mol. The Morgan fingerprint density at radius 3 is 0.900 bits per heavy atom. The van der Waals surface area contributed by atoms with Gasteiger partial charge in [0.05, 0.1) is 0 Å². The van der Waals surface area contributed by atoms with E-state index in [0.717, 1.165) is 11.8 Å². The molecule has 0 N–H and O–H groups in total. The van der Waals surface area contributed by atoms with Crippen LogP contribution in [0.1, 0.15) is 83.1 Å². The maximum atomic E-state index is 2.30. The minimum absolute atomic E-state index is 0.711. The van der Waals surface area contributed by atoms with Crippen LogP contribution in [0.4, 0.5) is 0 Å². The molecule has 120 valence electrons. The lowest BCUT2D eigenvalue weighted by molar-refractivity contribution is 0.477. The second-order valence-corrected chi connectivity index (χ2v) is 7.39. The largest absolute Gasteiger partial charge is 0.0772 e. The first-order valence-electron chi connectivity index (χ1n) is 8.24. The Hall–Kier alpha value is -0.520. The van der Waals surface area contributed by atoms with Crippen LogP contribution < -0.4 is 0 Å². The first-order valence-corrected chi connectivity index (χ1v) is 8.24. The van der Waals surface area contributed by atoms with Gasteiger partial charge < -0.3 is 0 Å². The van der Waals surface area contributed by atoms with Gasteiger partial charge in [-0.3, -0.25) is 0 Å². The van der Waals surface area contributed by atoms with Crippen LogP contribution in [0.3, 0.4) is 0 Å². The third-order valence-corrected chi connectivity index (χ3v) is 4.83. The van der Waals surface area contributed by atoms with Gasteiger partial charge in [-0.05, 0) is 58.3 Å². The lowest BCUT2D eigenvalue weighted by Gasteiger charge is -2.17. The van der Waals surface area contributed by atoms with E-state index in [-0.39, 0.29) is 0 Å². The molecule has 0 aliphatic rings. The van der Waals surface area contributed by atoms with Crippen LogP contribution in [-0.4, -0.2) is 0 Å². The van der Waals surface area contributed by atoms with E-state index in [0.29, 0.717) is 11.8 Å². The van der Waals surface area contributed by atoms with Crippen LogP contribution in [-0.2, 0) is 0 Å². The lowest BCUT2D eigenvalue weighted by atomic mass is 9.89. The van der Waals surface area contributed by atoms with E-state index in [9.17, 15) is 0 Å². The third-order valence-electron chi connectivity index (χ3n) is 4.83. The molecular formula is C20H40. The Kier molecular flexibility index (Phi) is 11.1. The van der Waals surface area contributed by atoms with E-state index in [1.807, 2.05) is 0 Å². The zero-order valence-electron chi connectivity index (χ0n) is 16.3. The molecule has 0 rings (SSSR count). The van der Waals surface area contributed by atoms with Gasteiger partial charge in [0.1, 0.15) is 0 Å². The average Bonchev–Trinajstić information content (AvgIpc) is 2.35. The quantitative estimate of drug-likeness (QED) is 0.475. The van der Waals surface area contributed by atoms with Crippen molar-refractivity contribution in [3.05, 3.63) is 22.3 Å². The molecule has 0 fully saturated rings. The highest BCUT2D eigenvalue weighted by molar-refractivity contribution is 5.13. The molecule has 0 heteroatoms. The Bertz CT molecular complexity index is 304. The average molecular weight is 281 g/mol. The number of hydrogen-bond donors (Lipinski definition) is 0. The summed E-state index contributed by atoms with van der Waals surface area (Å²) in [4.78, 5) is 0. The second-order valence-electron chi connectivity index (χ2n) is 7.39. The Balaban J connectivity index is 0. The molecule has 0 spiro atoms. The van der Waals surface area contributed by atoms with Crippen molar-refractivity contribution in [2.45, 2.75) is 83.1 Å². The highest BCUT2D eigenvalue weighted by Crippen LogP contribution is 2.21. The van der Waals surface area contributed by atoms with Gasteiger partial charge in [-0.15, -0.1) is 0 Å². The minimum Gasteiger partial charge on any atom is -0.0772 e. The van der Waals surface area contributed by atoms with Gasteiger partial charge in [-0.25, -0.2) is 0 Å². The SMILES string of the molecule is C/C(=C(/C)C(C)C)C(C)C.CC(C)=C(C)C(C)C(C)C. The maximum absolute atomic E-state index is 2.30. The van der Waals surface area contributed by atoms with E-state index >= 15 is 0 Å². The predicted molar refractivity (Wildman–Crippen MR) is 96.1 cm³/mol. The predicted octanol–water partition coefficient (Wildman–Crippen LogP) is 7.27. The summed E-state index contributed by atoms with van der Waals surface area (Å²) in [5, 5.41) is 0. The van der Waals surface area contributed by atoms with Gasteiger partial charge >= 0.3 is 0 Å². The molecule has 0 aliphatic heterocycles. The van der Waals surface area contributed by atoms with E-state index in [1.165, 1.54) is 5.57 Å². The van der Waals surface area contributed by atoms with Gasteiger partial charge in [0.25, 0.3) is 0 Å². The van der Waals surface area contributed by atoms with Crippen molar-refractivity contribution in [3.8, 4) is 0 Å². The van der Waals surface area contributed by atoms with Gasteiger partial charge in [0, 0.05) is 0 Å². The van der Waals surface area contributed by atoms with Crippen LogP contribution in [0.2, 0.25) is 0 Å². The first kappa shape index (κ1) is 21.8. The van der Waals surface area contributed by atoms with Crippen LogP contribution in [0.15, 0.2) is 22.3 Å².